The van der Waals surface area contributed by atoms with E-state index >= 15 is 0 Å². The topological polar surface area (TPSA) is 283 Å². The SMILES string of the molecule is [O-][Cl+3]([O-])([O-])[O-].[O-][Cl+3]([O-])([O-])[O-].[O-]c1ccc(Cl)cc1C=NCCC[NH+]1CCOCC1.[O-]c1ccc(Cl)cc1C=NCCC[NH+]1CCOCC1.[Zn+2]. The third kappa shape index (κ3) is 29.0. The van der Waals surface area contributed by atoms with Crippen LogP contribution in [0.4, 0.5) is 0 Å². The van der Waals surface area contributed by atoms with Crippen LogP contribution >= 0.6 is 23.2 Å². The summed E-state index contributed by atoms with van der Waals surface area (Å²) in [4.78, 5) is 11.8. The number of morpholine rings is 2. The number of nitrogens with zero attached hydrogens (tertiary/aromatic N) is 2. The molecule has 0 atom stereocenters. The molecule has 21 heteroatoms. The van der Waals surface area contributed by atoms with Gasteiger partial charge in [0.1, 0.15) is 26.2 Å². The van der Waals surface area contributed by atoms with Gasteiger partial charge in [-0.05, 0) is 35.4 Å². The Morgan fingerprint density at radius 2 is 0.918 bits per heavy atom. The summed E-state index contributed by atoms with van der Waals surface area (Å²) in [6.45, 7) is 11.5. The summed E-state index contributed by atoms with van der Waals surface area (Å²) >= 11 is 11.7. The minimum absolute atomic E-state index is 0. The first-order valence-electron chi connectivity index (χ1n) is 14.5. The van der Waals surface area contributed by atoms with Crippen molar-refractivity contribution in [2.45, 2.75) is 12.8 Å². The Morgan fingerprint density at radius 3 is 1.22 bits per heavy atom. The number of nitrogens with one attached hydrogen (secondary N) is 2. The van der Waals surface area contributed by atoms with E-state index in [2.05, 4.69) is 9.98 Å². The Labute approximate surface area is 311 Å². The van der Waals surface area contributed by atoms with Crippen molar-refractivity contribution < 1.29 is 107 Å². The van der Waals surface area contributed by atoms with Crippen molar-refractivity contribution in [1.29, 1.82) is 0 Å². The molecule has 0 saturated carbocycles. The van der Waals surface area contributed by atoms with Crippen LogP contribution < -0.4 is 57.3 Å². The zero-order valence-corrected chi connectivity index (χ0v) is 32.5. The zero-order chi connectivity index (χ0) is 36.0. The monoisotopic (exact) mass is 826 g/mol. The number of halogens is 4. The molecule has 2 aromatic carbocycles. The van der Waals surface area contributed by atoms with Gasteiger partial charge in [-0.2, -0.15) is 0 Å². The molecule has 49 heavy (non-hydrogen) atoms. The van der Waals surface area contributed by atoms with E-state index in [4.69, 9.17) is 69.9 Å². The van der Waals surface area contributed by atoms with Crippen LogP contribution in [0, 0.1) is 20.5 Å². The Kier molecular flexibility index (Phi) is 25.7. The van der Waals surface area contributed by atoms with Gasteiger partial charge in [0.2, 0.25) is 0 Å². The second-order valence-electron chi connectivity index (χ2n) is 10.1. The van der Waals surface area contributed by atoms with Crippen LogP contribution in [0.3, 0.4) is 0 Å². The average molecular weight is 830 g/mol. The predicted octanol–water partition coefficient (Wildman–Crippen LogP) is -9.24. The van der Waals surface area contributed by atoms with E-state index < -0.39 is 20.5 Å². The molecule has 2 aliphatic rings. The van der Waals surface area contributed by atoms with Gasteiger partial charge in [0.15, 0.2) is 0 Å². The van der Waals surface area contributed by atoms with Crippen LogP contribution in [0.25, 0.3) is 0 Å². The number of benzene rings is 2. The maximum Gasteiger partial charge on any atom is 2.00 e. The second kappa shape index (κ2) is 26.5. The van der Waals surface area contributed by atoms with Crippen molar-refractivity contribution in [3.05, 3.63) is 57.6 Å². The van der Waals surface area contributed by atoms with Crippen LogP contribution in [0.1, 0.15) is 24.0 Å². The molecule has 2 N–H and O–H groups in total. The van der Waals surface area contributed by atoms with E-state index in [1.807, 2.05) is 0 Å². The Balaban J connectivity index is 0.000000727. The summed E-state index contributed by atoms with van der Waals surface area (Å²) in [5.41, 5.74) is 1.12. The molecule has 0 spiro atoms. The Morgan fingerprint density at radius 1 is 0.612 bits per heavy atom. The van der Waals surface area contributed by atoms with Gasteiger partial charge < -0.3 is 29.5 Å². The van der Waals surface area contributed by atoms with Crippen molar-refractivity contribution in [2.75, 3.05) is 78.8 Å². The van der Waals surface area contributed by atoms with Crippen LogP contribution in [-0.2, 0) is 29.0 Å². The average Bonchev–Trinajstić information content (AvgIpc) is 3.00. The summed E-state index contributed by atoms with van der Waals surface area (Å²) < 4.78 is 78.6. The molecular formula is C28H38Cl4N4O12Zn. The smallest absolute Gasteiger partial charge is 0.872 e. The molecule has 2 saturated heterocycles. The van der Waals surface area contributed by atoms with Crippen LogP contribution in [0.15, 0.2) is 46.4 Å². The number of aliphatic imine (C=N–C) groups is 2. The van der Waals surface area contributed by atoms with E-state index in [0.717, 1.165) is 91.6 Å². The van der Waals surface area contributed by atoms with Gasteiger partial charge in [-0.3, -0.25) is 9.98 Å². The molecule has 2 fully saturated rings. The van der Waals surface area contributed by atoms with E-state index in [-0.39, 0.29) is 31.0 Å². The van der Waals surface area contributed by atoms with E-state index in [0.29, 0.717) is 21.2 Å². The maximum absolute atomic E-state index is 11.5. The van der Waals surface area contributed by atoms with Crippen molar-refractivity contribution in [1.82, 2.24) is 0 Å². The minimum Gasteiger partial charge on any atom is -0.872 e. The van der Waals surface area contributed by atoms with E-state index in [1.165, 1.54) is 12.1 Å². The molecular weight excluding hydrogens is 792 g/mol. The summed E-state index contributed by atoms with van der Waals surface area (Å²) in [6.07, 6.45) is 5.31. The molecule has 0 aromatic heterocycles. The van der Waals surface area contributed by atoms with Gasteiger partial charge in [0.25, 0.3) is 0 Å². The normalized spacial score (nSPS) is 15.7. The number of rotatable bonds is 10. The van der Waals surface area contributed by atoms with Gasteiger partial charge in [-0.15, -0.1) is 20.5 Å². The van der Waals surface area contributed by atoms with Gasteiger partial charge >= 0.3 is 19.5 Å². The molecule has 0 unspecified atom stereocenters. The van der Waals surface area contributed by atoms with Crippen molar-refractivity contribution in [3.63, 3.8) is 0 Å². The number of quaternary nitrogens is 2. The molecule has 0 amide bonds. The van der Waals surface area contributed by atoms with E-state index in [9.17, 15) is 10.2 Å². The van der Waals surface area contributed by atoms with E-state index in [1.54, 1.807) is 46.5 Å². The fourth-order valence-corrected chi connectivity index (χ4v) is 4.59. The fraction of sp³-hybridized carbons (Fsp3) is 0.500. The first-order chi connectivity index (χ1) is 22.5. The Hall–Kier alpha value is -1.32. The standard InChI is InChI=1S/2C14H19ClN2O2.2ClHO4.Zn/c2*15-13-2-3-14(18)12(10-13)11-16-4-1-5-17-6-8-19-9-7-17;2*2-1(3,4)5;/h2*2-3,10-11,18H,1,4-9H2;2*(H,2,3,4,5);/q;;;;+2/p-2. The molecule has 0 bridgehead atoms. The molecule has 0 aliphatic carbocycles. The summed E-state index contributed by atoms with van der Waals surface area (Å²) in [5.74, 6) is -0.0705. The van der Waals surface area contributed by atoms with Crippen LogP contribution in [0.5, 0.6) is 11.5 Å². The van der Waals surface area contributed by atoms with Crippen LogP contribution in [0.2, 0.25) is 10.0 Å². The van der Waals surface area contributed by atoms with Crippen molar-refractivity contribution in [2.24, 2.45) is 9.98 Å². The summed E-state index contributed by atoms with van der Waals surface area (Å²) in [6, 6.07) is 9.45. The van der Waals surface area contributed by atoms with Crippen LogP contribution in [-0.4, -0.2) is 91.2 Å². The molecule has 2 aliphatic heterocycles. The molecule has 2 heterocycles. The number of hydrogen-bond donors (Lipinski definition) is 2. The predicted molar refractivity (Wildman–Crippen MR) is 149 cm³/mol. The van der Waals surface area contributed by atoms with Gasteiger partial charge in [-0.1, -0.05) is 46.8 Å². The van der Waals surface area contributed by atoms with Gasteiger partial charge in [0.05, 0.1) is 39.5 Å². The largest absolute Gasteiger partial charge is 2.00 e. The maximum atomic E-state index is 11.5. The quantitative estimate of drug-likeness (QED) is 0.128. The number of ether oxygens (including phenoxy) is 2. The third-order valence-corrected chi connectivity index (χ3v) is 6.91. The molecule has 16 nitrogen and oxygen atoms in total. The summed E-state index contributed by atoms with van der Waals surface area (Å²) in [5, 5.41) is 24.2. The number of hydrogen-bond acceptors (Lipinski definition) is 14. The molecule has 2 aromatic rings. The van der Waals surface area contributed by atoms with Gasteiger partial charge in [0, 0.05) is 48.4 Å². The third-order valence-electron chi connectivity index (χ3n) is 6.44. The first-order valence-corrected chi connectivity index (χ1v) is 17.7. The van der Waals surface area contributed by atoms with Gasteiger partial charge in [-0.25, -0.2) is 37.3 Å². The minimum atomic E-state index is -4.94. The van der Waals surface area contributed by atoms with Crippen molar-refractivity contribution >= 4 is 35.6 Å². The zero-order valence-electron chi connectivity index (χ0n) is 26.5. The molecule has 0 radical (unpaired) electrons. The Bertz CT molecular complexity index is 1130. The van der Waals surface area contributed by atoms with Crippen molar-refractivity contribution in [3.8, 4) is 11.5 Å². The fourth-order valence-electron chi connectivity index (χ4n) is 4.23. The molecule has 272 valence electrons. The molecule has 4 rings (SSSR count). The first kappa shape index (κ1) is 47.7. The second-order valence-corrected chi connectivity index (χ2v) is 12.5. The summed E-state index contributed by atoms with van der Waals surface area (Å²) in [7, 11) is -9.89.